The van der Waals surface area contributed by atoms with Crippen molar-refractivity contribution in [3.8, 4) is 17.0 Å². The van der Waals surface area contributed by atoms with Crippen LogP contribution in [-0.4, -0.2) is 16.5 Å². The number of pyridine rings is 1. The van der Waals surface area contributed by atoms with Gasteiger partial charge in [0.2, 0.25) is 0 Å². The summed E-state index contributed by atoms with van der Waals surface area (Å²) in [6.45, 7) is 0. The molecular formula is C14H13N3O. The van der Waals surface area contributed by atoms with Crippen LogP contribution >= 0.6 is 0 Å². The molecule has 18 heavy (non-hydrogen) atoms. The largest absolute Gasteiger partial charge is 0.496 e. The molecular weight excluding hydrogens is 226 g/mol. The summed E-state index contributed by atoms with van der Waals surface area (Å²) in [6.07, 6.45) is 1.92. The number of para-hydroxylation sites is 1. The first-order chi connectivity index (χ1) is 8.79. The SMILES string of the molecule is COc1ccccc1-c1cn2c(N)cccc2n1. The molecule has 0 unspecified atom stereocenters. The summed E-state index contributed by atoms with van der Waals surface area (Å²) in [5, 5.41) is 0. The van der Waals surface area contributed by atoms with Gasteiger partial charge in [-0.25, -0.2) is 4.98 Å². The maximum Gasteiger partial charge on any atom is 0.139 e. The van der Waals surface area contributed by atoms with Crippen molar-refractivity contribution in [2.24, 2.45) is 0 Å². The highest BCUT2D eigenvalue weighted by molar-refractivity contribution is 5.70. The van der Waals surface area contributed by atoms with Crippen LogP contribution in [0, 0.1) is 0 Å². The van der Waals surface area contributed by atoms with E-state index in [0.29, 0.717) is 5.82 Å². The van der Waals surface area contributed by atoms with Gasteiger partial charge in [0.05, 0.1) is 12.8 Å². The second kappa shape index (κ2) is 4.07. The fourth-order valence-corrected chi connectivity index (χ4v) is 2.02. The number of methoxy groups -OCH3 is 1. The Morgan fingerprint density at radius 1 is 1.11 bits per heavy atom. The minimum atomic E-state index is 0.668. The molecule has 0 saturated carbocycles. The third kappa shape index (κ3) is 1.59. The molecule has 2 aromatic heterocycles. The highest BCUT2D eigenvalue weighted by atomic mass is 16.5. The molecule has 90 valence electrons. The molecule has 2 N–H and O–H groups in total. The summed E-state index contributed by atoms with van der Waals surface area (Å²) in [5.74, 6) is 1.47. The number of imidazole rings is 1. The quantitative estimate of drug-likeness (QED) is 0.747. The van der Waals surface area contributed by atoms with Crippen molar-refractivity contribution in [1.29, 1.82) is 0 Å². The topological polar surface area (TPSA) is 52.5 Å². The van der Waals surface area contributed by atoms with E-state index in [2.05, 4.69) is 4.98 Å². The number of fused-ring (bicyclic) bond motifs is 1. The lowest BCUT2D eigenvalue weighted by Crippen LogP contribution is -1.93. The predicted molar refractivity (Wildman–Crippen MR) is 71.6 cm³/mol. The van der Waals surface area contributed by atoms with Gasteiger partial charge >= 0.3 is 0 Å². The Labute approximate surface area is 105 Å². The summed E-state index contributed by atoms with van der Waals surface area (Å²) in [6, 6.07) is 13.5. The highest BCUT2D eigenvalue weighted by Gasteiger charge is 2.09. The third-order valence-corrected chi connectivity index (χ3v) is 2.91. The van der Waals surface area contributed by atoms with Crippen LogP contribution in [0.2, 0.25) is 0 Å². The summed E-state index contributed by atoms with van der Waals surface area (Å²) in [4.78, 5) is 4.56. The maximum absolute atomic E-state index is 5.91. The van der Waals surface area contributed by atoms with Crippen LogP contribution in [0.4, 0.5) is 5.82 Å². The first kappa shape index (κ1) is 10.7. The molecule has 0 aliphatic heterocycles. The van der Waals surface area contributed by atoms with Crippen molar-refractivity contribution in [3.63, 3.8) is 0 Å². The molecule has 0 bridgehead atoms. The Morgan fingerprint density at radius 3 is 2.72 bits per heavy atom. The van der Waals surface area contributed by atoms with Crippen LogP contribution in [0.25, 0.3) is 16.9 Å². The number of benzene rings is 1. The van der Waals surface area contributed by atoms with Gasteiger partial charge in [0.15, 0.2) is 0 Å². The van der Waals surface area contributed by atoms with E-state index in [4.69, 9.17) is 10.5 Å². The molecule has 0 amide bonds. The fourth-order valence-electron chi connectivity index (χ4n) is 2.02. The summed E-state index contributed by atoms with van der Waals surface area (Å²) >= 11 is 0. The number of aromatic nitrogens is 2. The van der Waals surface area contributed by atoms with Crippen molar-refractivity contribution in [2.45, 2.75) is 0 Å². The molecule has 0 spiro atoms. The normalized spacial score (nSPS) is 10.7. The first-order valence-corrected chi connectivity index (χ1v) is 5.66. The van der Waals surface area contributed by atoms with Gasteiger partial charge < -0.3 is 10.5 Å². The average Bonchev–Trinajstić information content (AvgIpc) is 2.84. The third-order valence-electron chi connectivity index (χ3n) is 2.91. The lowest BCUT2D eigenvalue weighted by atomic mass is 10.1. The van der Waals surface area contributed by atoms with Crippen LogP contribution in [0.3, 0.4) is 0 Å². The Balaban J connectivity index is 2.23. The molecule has 1 aromatic carbocycles. The van der Waals surface area contributed by atoms with E-state index in [1.807, 2.05) is 53.1 Å². The van der Waals surface area contributed by atoms with Crippen molar-refractivity contribution >= 4 is 11.5 Å². The minimum absolute atomic E-state index is 0.668. The number of nitrogens with two attached hydrogens (primary N) is 1. The monoisotopic (exact) mass is 239 g/mol. The van der Waals surface area contributed by atoms with Gasteiger partial charge in [-0.3, -0.25) is 4.40 Å². The van der Waals surface area contributed by atoms with Gasteiger partial charge in [0.1, 0.15) is 17.2 Å². The summed E-state index contributed by atoms with van der Waals surface area (Å²) in [5.41, 5.74) is 8.55. The highest BCUT2D eigenvalue weighted by Crippen LogP contribution is 2.29. The molecule has 3 rings (SSSR count). The smallest absolute Gasteiger partial charge is 0.139 e. The second-order valence-electron chi connectivity index (χ2n) is 4.01. The number of nitrogens with zero attached hydrogens (tertiary/aromatic N) is 2. The number of hydrogen-bond donors (Lipinski definition) is 1. The lowest BCUT2D eigenvalue weighted by molar-refractivity contribution is 0.416. The molecule has 0 aliphatic rings. The maximum atomic E-state index is 5.91. The summed E-state index contributed by atoms with van der Waals surface area (Å²) < 4.78 is 7.21. The number of hydrogen-bond acceptors (Lipinski definition) is 3. The molecule has 4 heteroatoms. The van der Waals surface area contributed by atoms with Gasteiger partial charge in [-0.2, -0.15) is 0 Å². The Bertz CT molecular complexity index is 703. The molecule has 3 aromatic rings. The van der Waals surface area contributed by atoms with Gasteiger partial charge in [0, 0.05) is 11.8 Å². The van der Waals surface area contributed by atoms with E-state index >= 15 is 0 Å². The van der Waals surface area contributed by atoms with Crippen LogP contribution in [0.1, 0.15) is 0 Å². The Morgan fingerprint density at radius 2 is 1.94 bits per heavy atom. The molecule has 0 aliphatic carbocycles. The molecule has 0 fully saturated rings. The van der Waals surface area contributed by atoms with Crippen LogP contribution in [-0.2, 0) is 0 Å². The number of anilines is 1. The van der Waals surface area contributed by atoms with Crippen LogP contribution in [0.5, 0.6) is 5.75 Å². The minimum Gasteiger partial charge on any atom is -0.496 e. The van der Waals surface area contributed by atoms with E-state index < -0.39 is 0 Å². The van der Waals surface area contributed by atoms with E-state index in [1.54, 1.807) is 7.11 Å². The molecule has 0 radical (unpaired) electrons. The summed E-state index contributed by atoms with van der Waals surface area (Å²) in [7, 11) is 1.66. The number of ether oxygens (including phenoxy) is 1. The van der Waals surface area contributed by atoms with Crippen molar-refractivity contribution < 1.29 is 4.74 Å². The van der Waals surface area contributed by atoms with E-state index in [0.717, 1.165) is 22.7 Å². The van der Waals surface area contributed by atoms with E-state index in [-0.39, 0.29) is 0 Å². The second-order valence-corrected chi connectivity index (χ2v) is 4.01. The lowest BCUT2D eigenvalue weighted by Gasteiger charge is -2.04. The zero-order valence-electron chi connectivity index (χ0n) is 10.00. The van der Waals surface area contributed by atoms with Gasteiger partial charge in [0.25, 0.3) is 0 Å². The van der Waals surface area contributed by atoms with E-state index in [9.17, 15) is 0 Å². The molecule has 0 saturated heterocycles. The Hall–Kier alpha value is -2.49. The average molecular weight is 239 g/mol. The number of rotatable bonds is 2. The van der Waals surface area contributed by atoms with Crippen molar-refractivity contribution in [1.82, 2.24) is 9.38 Å². The van der Waals surface area contributed by atoms with Crippen molar-refractivity contribution in [3.05, 3.63) is 48.7 Å². The molecule has 4 nitrogen and oxygen atoms in total. The molecule has 2 heterocycles. The Kier molecular flexibility index (Phi) is 2.41. The first-order valence-electron chi connectivity index (χ1n) is 5.66. The number of nitrogen functional groups attached to an aromatic ring is 1. The zero-order valence-corrected chi connectivity index (χ0v) is 10.00. The predicted octanol–water partition coefficient (Wildman–Crippen LogP) is 2.59. The zero-order chi connectivity index (χ0) is 12.5. The van der Waals surface area contributed by atoms with Gasteiger partial charge in [-0.1, -0.05) is 18.2 Å². The van der Waals surface area contributed by atoms with Crippen LogP contribution in [0.15, 0.2) is 48.7 Å². The standard InChI is InChI=1S/C14H13N3O/c1-18-12-6-3-2-5-10(12)11-9-17-13(15)7-4-8-14(17)16-11/h2-9H,15H2,1H3. The van der Waals surface area contributed by atoms with Gasteiger partial charge in [-0.15, -0.1) is 0 Å². The van der Waals surface area contributed by atoms with Crippen molar-refractivity contribution in [2.75, 3.05) is 12.8 Å². The molecule has 0 atom stereocenters. The van der Waals surface area contributed by atoms with Crippen LogP contribution < -0.4 is 10.5 Å². The fraction of sp³-hybridized carbons (Fsp3) is 0.0714. The van der Waals surface area contributed by atoms with Gasteiger partial charge in [-0.05, 0) is 24.3 Å². The van der Waals surface area contributed by atoms with E-state index in [1.165, 1.54) is 0 Å².